The average molecular weight is 340 g/mol. The molecular formula is C20H24N2O3. The van der Waals surface area contributed by atoms with Crippen LogP contribution in [0.3, 0.4) is 0 Å². The van der Waals surface area contributed by atoms with Gasteiger partial charge in [0.2, 0.25) is 0 Å². The maximum atomic E-state index is 12.4. The highest BCUT2D eigenvalue weighted by Crippen LogP contribution is 2.17. The number of amides is 1. The van der Waals surface area contributed by atoms with Crippen molar-refractivity contribution in [3.63, 3.8) is 0 Å². The lowest BCUT2D eigenvalue weighted by Gasteiger charge is -2.26. The van der Waals surface area contributed by atoms with Gasteiger partial charge in [0, 0.05) is 30.9 Å². The molecule has 132 valence electrons. The Morgan fingerprint density at radius 1 is 1.08 bits per heavy atom. The Balaban J connectivity index is 1.56. The second-order valence-electron chi connectivity index (χ2n) is 6.00. The summed E-state index contributed by atoms with van der Waals surface area (Å²) in [7, 11) is 0. The smallest absolute Gasteiger partial charge is 0.255 e. The van der Waals surface area contributed by atoms with E-state index in [2.05, 4.69) is 10.2 Å². The van der Waals surface area contributed by atoms with Crippen LogP contribution in [0.1, 0.15) is 22.8 Å². The minimum absolute atomic E-state index is 0.109. The van der Waals surface area contributed by atoms with Gasteiger partial charge in [0.1, 0.15) is 5.75 Å². The van der Waals surface area contributed by atoms with Crippen LogP contribution in [0.5, 0.6) is 5.75 Å². The Labute approximate surface area is 148 Å². The summed E-state index contributed by atoms with van der Waals surface area (Å²) in [4.78, 5) is 14.7. The van der Waals surface area contributed by atoms with Crippen LogP contribution in [0, 0.1) is 0 Å². The molecule has 1 heterocycles. The molecule has 0 spiro atoms. The minimum atomic E-state index is -0.109. The Bertz CT molecular complexity index is 677. The van der Waals surface area contributed by atoms with Crippen molar-refractivity contribution in [3.8, 4) is 5.75 Å². The molecule has 2 aromatic carbocycles. The number of carbonyl (C=O) groups excluding carboxylic acids is 1. The third-order valence-corrected chi connectivity index (χ3v) is 4.15. The van der Waals surface area contributed by atoms with Crippen molar-refractivity contribution in [2.75, 3.05) is 38.2 Å². The van der Waals surface area contributed by atoms with Crippen LogP contribution >= 0.6 is 0 Å². The second kappa shape index (κ2) is 8.65. The summed E-state index contributed by atoms with van der Waals surface area (Å²) in [6.07, 6.45) is 0. The third-order valence-electron chi connectivity index (χ3n) is 4.15. The molecule has 1 aliphatic rings. The zero-order valence-electron chi connectivity index (χ0n) is 14.5. The second-order valence-corrected chi connectivity index (χ2v) is 6.00. The Morgan fingerprint density at radius 3 is 2.40 bits per heavy atom. The van der Waals surface area contributed by atoms with Gasteiger partial charge < -0.3 is 14.8 Å². The fraction of sp³-hybridized carbons (Fsp3) is 0.350. The van der Waals surface area contributed by atoms with E-state index in [1.54, 1.807) is 0 Å². The van der Waals surface area contributed by atoms with Gasteiger partial charge in [0.25, 0.3) is 5.91 Å². The monoisotopic (exact) mass is 340 g/mol. The number of anilines is 1. The molecule has 1 fully saturated rings. The molecule has 5 heteroatoms. The largest absolute Gasteiger partial charge is 0.494 e. The summed E-state index contributed by atoms with van der Waals surface area (Å²) in [5.74, 6) is 0.690. The summed E-state index contributed by atoms with van der Waals surface area (Å²) in [6.45, 7) is 6.97. The number of carbonyl (C=O) groups is 1. The number of morpholine rings is 1. The van der Waals surface area contributed by atoms with Gasteiger partial charge in [-0.2, -0.15) is 0 Å². The van der Waals surface area contributed by atoms with Crippen molar-refractivity contribution in [3.05, 3.63) is 59.7 Å². The van der Waals surface area contributed by atoms with E-state index >= 15 is 0 Å². The first-order valence-corrected chi connectivity index (χ1v) is 8.68. The zero-order chi connectivity index (χ0) is 17.5. The predicted octanol–water partition coefficient (Wildman–Crippen LogP) is 3.17. The lowest BCUT2D eigenvalue weighted by Crippen LogP contribution is -2.35. The standard InChI is InChI=1S/C20H24N2O3/c1-2-25-19-9-7-18(8-10-19)21-20(23)17-5-3-16(4-6-17)15-22-11-13-24-14-12-22/h3-10H,2,11-15H2,1H3,(H,21,23). The van der Waals surface area contributed by atoms with E-state index in [4.69, 9.17) is 9.47 Å². The molecule has 5 nitrogen and oxygen atoms in total. The van der Waals surface area contributed by atoms with Crippen LogP contribution in [0.4, 0.5) is 5.69 Å². The molecule has 0 bridgehead atoms. The maximum absolute atomic E-state index is 12.4. The summed E-state index contributed by atoms with van der Waals surface area (Å²) >= 11 is 0. The third kappa shape index (κ3) is 5.05. The highest BCUT2D eigenvalue weighted by atomic mass is 16.5. The van der Waals surface area contributed by atoms with Gasteiger partial charge in [0.05, 0.1) is 19.8 Å². The van der Waals surface area contributed by atoms with Gasteiger partial charge in [0.15, 0.2) is 0 Å². The highest BCUT2D eigenvalue weighted by Gasteiger charge is 2.11. The molecule has 3 rings (SSSR count). The van der Waals surface area contributed by atoms with Gasteiger partial charge in [-0.3, -0.25) is 9.69 Å². The van der Waals surface area contributed by atoms with Gasteiger partial charge in [-0.25, -0.2) is 0 Å². The molecule has 0 aromatic heterocycles. The molecule has 0 unspecified atom stereocenters. The Hall–Kier alpha value is -2.37. The number of nitrogens with zero attached hydrogens (tertiary/aromatic N) is 1. The van der Waals surface area contributed by atoms with Gasteiger partial charge in [-0.15, -0.1) is 0 Å². The Morgan fingerprint density at radius 2 is 1.76 bits per heavy atom. The summed E-state index contributed by atoms with van der Waals surface area (Å²) in [5.41, 5.74) is 2.62. The summed E-state index contributed by atoms with van der Waals surface area (Å²) in [5, 5.41) is 2.91. The fourth-order valence-electron chi connectivity index (χ4n) is 2.78. The molecule has 0 radical (unpaired) electrons. The van der Waals surface area contributed by atoms with Crippen molar-refractivity contribution in [1.29, 1.82) is 0 Å². The first-order chi connectivity index (χ1) is 12.2. The van der Waals surface area contributed by atoms with Gasteiger partial charge in [-0.05, 0) is 48.9 Å². The van der Waals surface area contributed by atoms with Crippen LogP contribution in [-0.2, 0) is 11.3 Å². The lowest BCUT2D eigenvalue weighted by atomic mass is 10.1. The SMILES string of the molecule is CCOc1ccc(NC(=O)c2ccc(CN3CCOCC3)cc2)cc1. The summed E-state index contributed by atoms with van der Waals surface area (Å²) in [6, 6.07) is 15.2. The molecule has 1 N–H and O–H groups in total. The molecule has 0 aliphatic carbocycles. The van der Waals surface area contributed by atoms with Crippen molar-refractivity contribution >= 4 is 11.6 Å². The van der Waals surface area contributed by atoms with E-state index < -0.39 is 0 Å². The average Bonchev–Trinajstić information content (AvgIpc) is 2.65. The zero-order valence-corrected chi connectivity index (χ0v) is 14.5. The molecule has 1 amide bonds. The Kier molecular flexibility index (Phi) is 6.04. The number of benzene rings is 2. The van der Waals surface area contributed by atoms with Gasteiger partial charge >= 0.3 is 0 Å². The van der Waals surface area contributed by atoms with Crippen LogP contribution < -0.4 is 10.1 Å². The molecule has 25 heavy (non-hydrogen) atoms. The number of rotatable bonds is 6. The van der Waals surface area contributed by atoms with Gasteiger partial charge in [-0.1, -0.05) is 12.1 Å². The van der Waals surface area contributed by atoms with Crippen molar-refractivity contribution < 1.29 is 14.3 Å². The van der Waals surface area contributed by atoms with Crippen LogP contribution in [0.2, 0.25) is 0 Å². The highest BCUT2D eigenvalue weighted by molar-refractivity contribution is 6.04. The first kappa shape index (κ1) is 17.5. The topological polar surface area (TPSA) is 50.8 Å². The van der Waals surface area contributed by atoms with Crippen molar-refractivity contribution in [1.82, 2.24) is 4.90 Å². The number of hydrogen-bond acceptors (Lipinski definition) is 4. The van der Waals surface area contributed by atoms with Crippen molar-refractivity contribution in [2.45, 2.75) is 13.5 Å². The first-order valence-electron chi connectivity index (χ1n) is 8.68. The molecule has 0 saturated carbocycles. The number of hydrogen-bond donors (Lipinski definition) is 1. The van der Waals surface area contributed by atoms with Crippen molar-refractivity contribution in [2.24, 2.45) is 0 Å². The van der Waals surface area contributed by atoms with E-state index in [0.717, 1.165) is 44.3 Å². The number of ether oxygens (including phenoxy) is 2. The molecule has 1 saturated heterocycles. The predicted molar refractivity (Wildman–Crippen MR) is 98.1 cm³/mol. The maximum Gasteiger partial charge on any atom is 0.255 e. The van der Waals surface area contributed by atoms with E-state index in [9.17, 15) is 4.79 Å². The summed E-state index contributed by atoms with van der Waals surface area (Å²) < 4.78 is 10.8. The molecule has 0 atom stereocenters. The minimum Gasteiger partial charge on any atom is -0.494 e. The molecule has 2 aromatic rings. The van der Waals surface area contributed by atoms with Crippen LogP contribution in [-0.4, -0.2) is 43.7 Å². The van der Waals surface area contributed by atoms with E-state index in [0.29, 0.717) is 12.2 Å². The van der Waals surface area contributed by atoms with Crippen LogP contribution in [0.15, 0.2) is 48.5 Å². The number of nitrogens with one attached hydrogen (secondary N) is 1. The van der Waals surface area contributed by atoms with E-state index in [-0.39, 0.29) is 5.91 Å². The lowest BCUT2D eigenvalue weighted by molar-refractivity contribution is 0.0342. The normalized spacial score (nSPS) is 14.9. The van der Waals surface area contributed by atoms with E-state index in [1.807, 2.05) is 55.5 Å². The van der Waals surface area contributed by atoms with E-state index in [1.165, 1.54) is 5.56 Å². The fourth-order valence-corrected chi connectivity index (χ4v) is 2.78. The molecular weight excluding hydrogens is 316 g/mol. The molecule has 1 aliphatic heterocycles. The van der Waals surface area contributed by atoms with Crippen LogP contribution in [0.25, 0.3) is 0 Å². The quantitative estimate of drug-likeness (QED) is 0.877.